The number of ether oxygens (including phenoxy) is 1. The van der Waals surface area contributed by atoms with Crippen molar-refractivity contribution in [1.82, 2.24) is 9.71 Å². The Morgan fingerprint density at radius 1 is 1.24 bits per heavy atom. The molecule has 0 unspecified atom stereocenters. The Hall–Kier alpha value is -2.51. The number of hydrogen-bond donors (Lipinski definition) is 2. The van der Waals surface area contributed by atoms with Crippen LogP contribution >= 0.6 is 0 Å². The van der Waals surface area contributed by atoms with E-state index in [0.29, 0.717) is 23.5 Å². The Morgan fingerprint density at radius 3 is 2.68 bits per heavy atom. The van der Waals surface area contributed by atoms with Gasteiger partial charge in [0.1, 0.15) is 11.5 Å². The van der Waals surface area contributed by atoms with E-state index in [-0.39, 0.29) is 4.90 Å². The second-order valence-electron chi connectivity index (χ2n) is 5.54. The van der Waals surface area contributed by atoms with Gasteiger partial charge in [-0.25, -0.2) is 13.1 Å². The summed E-state index contributed by atoms with van der Waals surface area (Å²) in [4.78, 5) is 3.24. The van der Waals surface area contributed by atoms with Gasteiger partial charge in [0.25, 0.3) is 0 Å². The van der Waals surface area contributed by atoms with Gasteiger partial charge in [0.15, 0.2) is 0 Å². The van der Waals surface area contributed by atoms with Gasteiger partial charge >= 0.3 is 0 Å². The number of aromatic nitrogens is 1. The number of benzene rings is 1. The SMILES string of the molecule is CC[C@H](NS(=O)(=O)c1ccc(OC)c(-c2ccc[nH]2)c1)c1ccco1. The summed E-state index contributed by atoms with van der Waals surface area (Å²) in [7, 11) is -2.16. The molecule has 0 saturated heterocycles. The zero-order valence-electron chi connectivity index (χ0n) is 14.0. The topological polar surface area (TPSA) is 84.3 Å². The Bertz CT molecular complexity index is 916. The van der Waals surface area contributed by atoms with Crippen LogP contribution in [0.2, 0.25) is 0 Å². The summed E-state index contributed by atoms with van der Waals surface area (Å²) in [5.74, 6) is 1.18. The first-order valence-corrected chi connectivity index (χ1v) is 9.41. The predicted molar refractivity (Wildman–Crippen MR) is 94.8 cm³/mol. The van der Waals surface area contributed by atoms with Crippen molar-refractivity contribution in [3.8, 4) is 17.0 Å². The third kappa shape index (κ3) is 3.62. The van der Waals surface area contributed by atoms with Crippen LogP contribution in [0.5, 0.6) is 5.75 Å². The van der Waals surface area contributed by atoms with Crippen molar-refractivity contribution in [2.45, 2.75) is 24.3 Å². The molecule has 132 valence electrons. The number of H-pyrrole nitrogens is 1. The maximum Gasteiger partial charge on any atom is 0.241 e. The first-order chi connectivity index (χ1) is 12.0. The average Bonchev–Trinajstić information content (AvgIpc) is 3.32. The van der Waals surface area contributed by atoms with Crippen molar-refractivity contribution in [2.24, 2.45) is 0 Å². The van der Waals surface area contributed by atoms with Gasteiger partial charge in [-0.3, -0.25) is 0 Å². The average molecular weight is 360 g/mol. The summed E-state index contributed by atoms with van der Waals surface area (Å²) < 4.78 is 39.0. The zero-order valence-corrected chi connectivity index (χ0v) is 14.8. The molecule has 7 heteroatoms. The van der Waals surface area contributed by atoms with Crippen molar-refractivity contribution in [1.29, 1.82) is 0 Å². The minimum absolute atomic E-state index is 0.169. The second-order valence-corrected chi connectivity index (χ2v) is 7.26. The molecule has 2 N–H and O–H groups in total. The number of aromatic amines is 1. The quantitative estimate of drug-likeness (QED) is 0.673. The lowest BCUT2D eigenvalue weighted by molar-refractivity contribution is 0.416. The number of sulfonamides is 1. The van der Waals surface area contributed by atoms with Crippen molar-refractivity contribution in [3.63, 3.8) is 0 Å². The predicted octanol–water partition coefficient (Wildman–Crippen LogP) is 3.71. The van der Waals surface area contributed by atoms with Crippen LogP contribution in [0.1, 0.15) is 25.1 Å². The molecule has 3 rings (SSSR count). The number of methoxy groups -OCH3 is 1. The van der Waals surface area contributed by atoms with Gasteiger partial charge in [-0.2, -0.15) is 0 Å². The highest BCUT2D eigenvalue weighted by Gasteiger charge is 2.23. The summed E-state index contributed by atoms with van der Waals surface area (Å²) in [5, 5.41) is 0. The smallest absolute Gasteiger partial charge is 0.241 e. The number of hydrogen-bond acceptors (Lipinski definition) is 4. The fraction of sp³-hybridized carbons (Fsp3) is 0.222. The van der Waals surface area contributed by atoms with Crippen molar-refractivity contribution >= 4 is 10.0 Å². The molecule has 0 aliphatic heterocycles. The van der Waals surface area contributed by atoms with Crippen LogP contribution in [-0.2, 0) is 10.0 Å². The minimum atomic E-state index is -3.72. The first-order valence-electron chi connectivity index (χ1n) is 7.92. The zero-order chi connectivity index (χ0) is 17.9. The van der Waals surface area contributed by atoms with Crippen LogP contribution in [0, 0.1) is 0 Å². The third-order valence-corrected chi connectivity index (χ3v) is 5.43. The van der Waals surface area contributed by atoms with E-state index >= 15 is 0 Å². The maximum atomic E-state index is 12.8. The van der Waals surface area contributed by atoms with Gasteiger partial charge in [0.05, 0.1) is 24.3 Å². The van der Waals surface area contributed by atoms with Gasteiger partial charge in [-0.05, 0) is 48.9 Å². The molecule has 0 aliphatic rings. The van der Waals surface area contributed by atoms with Crippen LogP contribution in [-0.4, -0.2) is 20.5 Å². The Balaban J connectivity index is 1.96. The van der Waals surface area contributed by atoms with Crippen molar-refractivity contribution in [3.05, 3.63) is 60.7 Å². The first kappa shape index (κ1) is 17.3. The minimum Gasteiger partial charge on any atom is -0.496 e. The van der Waals surface area contributed by atoms with Crippen LogP contribution < -0.4 is 9.46 Å². The van der Waals surface area contributed by atoms with Crippen molar-refractivity contribution < 1.29 is 17.6 Å². The van der Waals surface area contributed by atoms with E-state index in [4.69, 9.17) is 9.15 Å². The lowest BCUT2D eigenvalue weighted by Crippen LogP contribution is -2.28. The van der Waals surface area contributed by atoms with E-state index in [1.165, 1.54) is 12.3 Å². The molecule has 0 fully saturated rings. The molecule has 6 nitrogen and oxygen atoms in total. The summed E-state index contributed by atoms with van der Waals surface area (Å²) in [6.45, 7) is 1.90. The van der Waals surface area contributed by atoms with Crippen LogP contribution in [0.3, 0.4) is 0 Å². The van der Waals surface area contributed by atoms with Gasteiger partial charge in [-0.15, -0.1) is 0 Å². The van der Waals surface area contributed by atoms with Gasteiger partial charge in [-0.1, -0.05) is 6.92 Å². The van der Waals surface area contributed by atoms with Crippen LogP contribution in [0.15, 0.2) is 64.2 Å². The third-order valence-electron chi connectivity index (χ3n) is 3.96. The van der Waals surface area contributed by atoms with Crippen molar-refractivity contribution in [2.75, 3.05) is 7.11 Å². The number of rotatable bonds is 7. The molecule has 0 bridgehead atoms. The molecule has 2 heterocycles. The van der Waals surface area contributed by atoms with E-state index in [9.17, 15) is 8.42 Å². The lowest BCUT2D eigenvalue weighted by atomic mass is 10.1. The van der Waals surface area contributed by atoms with E-state index in [2.05, 4.69) is 9.71 Å². The van der Waals surface area contributed by atoms with Crippen LogP contribution in [0.4, 0.5) is 0 Å². The number of furan rings is 1. The summed E-state index contributed by atoms with van der Waals surface area (Å²) in [5.41, 5.74) is 1.47. The van der Waals surface area contributed by atoms with E-state index in [0.717, 1.165) is 5.69 Å². The molecule has 1 atom stereocenters. The molecule has 0 saturated carbocycles. The molecule has 0 amide bonds. The largest absolute Gasteiger partial charge is 0.496 e. The molecular weight excluding hydrogens is 340 g/mol. The molecule has 2 aromatic heterocycles. The highest BCUT2D eigenvalue weighted by molar-refractivity contribution is 7.89. The standard InChI is InChI=1S/C18H20N2O4S/c1-3-15(18-7-5-11-24-18)20-25(21,22)13-8-9-17(23-2)14(12-13)16-6-4-10-19-16/h4-12,15,19-20H,3H2,1-2H3/t15-/m0/s1. The molecule has 0 spiro atoms. The highest BCUT2D eigenvalue weighted by Crippen LogP contribution is 2.31. The second kappa shape index (κ2) is 7.16. The monoisotopic (exact) mass is 360 g/mol. The van der Waals surface area contributed by atoms with E-state index < -0.39 is 16.1 Å². The summed E-state index contributed by atoms with van der Waals surface area (Å²) >= 11 is 0. The molecule has 0 aliphatic carbocycles. The summed E-state index contributed by atoms with van der Waals surface area (Å²) in [6.07, 6.45) is 3.88. The maximum absolute atomic E-state index is 12.8. The van der Waals surface area contributed by atoms with Gasteiger partial charge < -0.3 is 14.1 Å². The fourth-order valence-electron chi connectivity index (χ4n) is 2.65. The fourth-order valence-corrected chi connectivity index (χ4v) is 3.96. The molecule has 0 radical (unpaired) electrons. The normalized spacial score (nSPS) is 12.9. The Morgan fingerprint density at radius 2 is 2.08 bits per heavy atom. The van der Waals surface area contributed by atoms with E-state index in [1.807, 2.05) is 19.1 Å². The number of nitrogens with one attached hydrogen (secondary N) is 2. The lowest BCUT2D eigenvalue weighted by Gasteiger charge is -2.16. The van der Waals surface area contributed by atoms with Gasteiger partial charge in [0.2, 0.25) is 10.0 Å². The molecule has 3 aromatic rings. The highest BCUT2D eigenvalue weighted by atomic mass is 32.2. The van der Waals surface area contributed by atoms with E-state index in [1.54, 1.807) is 37.6 Å². The van der Waals surface area contributed by atoms with Gasteiger partial charge in [0, 0.05) is 17.5 Å². The van der Waals surface area contributed by atoms with Crippen LogP contribution in [0.25, 0.3) is 11.3 Å². The summed E-state index contributed by atoms with van der Waals surface area (Å²) in [6, 6.07) is 11.6. The molecule has 25 heavy (non-hydrogen) atoms. The molecular formula is C18H20N2O4S. The Kier molecular flexibility index (Phi) is 4.96. The Labute approximate surface area is 146 Å². The molecule has 1 aromatic carbocycles.